The van der Waals surface area contributed by atoms with E-state index in [2.05, 4.69) is 0 Å². The number of hydrogen-bond donors (Lipinski definition) is 2. The van der Waals surface area contributed by atoms with Crippen LogP contribution in [0.5, 0.6) is 11.5 Å². The summed E-state index contributed by atoms with van der Waals surface area (Å²) in [6.07, 6.45) is 0. The summed E-state index contributed by atoms with van der Waals surface area (Å²) in [5.41, 5.74) is 6.93. The van der Waals surface area contributed by atoms with Gasteiger partial charge in [-0.05, 0) is 24.3 Å². The van der Waals surface area contributed by atoms with Crippen LogP contribution in [-0.4, -0.2) is 41.2 Å². The number of imide groups is 1. The maximum absolute atomic E-state index is 13.6. The molecule has 0 aromatic heterocycles. The van der Waals surface area contributed by atoms with Gasteiger partial charge in [0.25, 0.3) is 0 Å². The van der Waals surface area contributed by atoms with Crippen molar-refractivity contribution >= 4 is 41.2 Å². The zero-order valence-corrected chi connectivity index (χ0v) is 17.4. The molecule has 3 aliphatic rings. The van der Waals surface area contributed by atoms with Gasteiger partial charge in [-0.1, -0.05) is 30.0 Å². The van der Waals surface area contributed by atoms with Crippen molar-refractivity contribution in [2.24, 2.45) is 11.7 Å². The first-order valence-electron chi connectivity index (χ1n) is 9.60. The monoisotopic (exact) mass is 452 g/mol. The molecule has 3 atom stereocenters. The summed E-state index contributed by atoms with van der Waals surface area (Å²) in [6, 6.07) is 10.6. The van der Waals surface area contributed by atoms with Crippen LogP contribution in [0.1, 0.15) is 21.8 Å². The second-order valence-corrected chi connectivity index (χ2v) is 8.64. The first-order valence-corrected chi connectivity index (χ1v) is 10.5. The van der Waals surface area contributed by atoms with E-state index in [0.29, 0.717) is 11.3 Å². The average Bonchev–Trinajstić information content (AvgIpc) is 3.02. The summed E-state index contributed by atoms with van der Waals surface area (Å²) in [6.45, 7) is 0. The molecular formula is C22H16N2O7S. The van der Waals surface area contributed by atoms with Crippen molar-refractivity contribution in [3.63, 3.8) is 0 Å². The molecule has 0 aliphatic carbocycles. The van der Waals surface area contributed by atoms with Crippen LogP contribution < -0.4 is 20.1 Å². The second-order valence-electron chi connectivity index (χ2n) is 7.46. The number of nitrogens with zero attached hydrogens (tertiary/aromatic N) is 1. The number of ether oxygens (including phenoxy) is 2. The van der Waals surface area contributed by atoms with Gasteiger partial charge in [0.05, 0.1) is 34.9 Å². The number of fused-ring (bicyclic) bond motifs is 5. The molecule has 32 heavy (non-hydrogen) atoms. The number of para-hydroxylation sites is 1. The number of hydrogen-bond acceptors (Lipinski definition) is 8. The molecule has 0 radical (unpaired) electrons. The molecule has 3 N–H and O–H groups in total. The van der Waals surface area contributed by atoms with E-state index in [-0.39, 0.29) is 27.6 Å². The van der Waals surface area contributed by atoms with Crippen LogP contribution in [0.4, 0.5) is 5.69 Å². The van der Waals surface area contributed by atoms with Crippen LogP contribution in [0.25, 0.3) is 0 Å². The molecule has 2 amide bonds. The fourth-order valence-corrected chi connectivity index (χ4v) is 5.68. The number of carbonyl (C=O) groups is 4. The zero-order valence-electron chi connectivity index (χ0n) is 16.6. The maximum Gasteiger partial charge on any atom is 0.342 e. The van der Waals surface area contributed by atoms with Gasteiger partial charge in [0.1, 0.15) is 5.25 Å². The number of carboxylic acid groups (broad SMARTS) is 1. The Labute approximate surface area is 185 Å². The Morgan fingerprint density at radius 3 is 2.62 bits per heavy atom. The fraction of sp³-hybridized carbons (Fsp3) is 0.182. The Morgan fingerprint density at radius 1 is 1.16 bits per heavy atom. The molecule has 10 heteroatoms. The number of rotatable bonds is 3. The third-order valence-electron chi connectivity index (χ3n) is 5.82. The molecule has 162 valence electrons. The van der Waals surface area contributed by atoms with Crippen molar-refractivity contribution in [3.05, 3.63) is 64.2 Å². The summed E-state index contributed by atoms with van der Waals surface area (Å²) in [4.78, 5) is 52.0. The maximum atomic E-state index is 13.6. The molecule has 0 unspecified atom stereocenters. The van der Waals surface area contributed by atoms with E-state index in [1.807, 2.05) is 0 Å². The number of amides is 2. The number of benzene rings is 2. The number of methoxy groups -OCH3 is 1. The molecule has 3 heterocycles. The fourth-order valence-electron chi connectivity index (χ4n) is 4.45. The SMILES string of the molecule is COc1cccc2c1OC(=O)C1=C(N)S[C@@H]3C(=O)N(c4cccc(C(=O)O)c4)C(=O)[C@@H]3[C@@H]12. The predicted octanol–water partition coefficient (Wildman–Crippen LogP) is 1.87. The Balaban J connectivity index is 1.65. The molecule has 0 bridgehead atoms. The minimum Gasteiger partial charge on any atom is -0.493 e. The number of aromatic carboxylic acids is 1. The van der Waals surface area contributed by atoms with Gasteiger partial charge in [0.15, 0.2) is 11.5 Å². The van der Waals surface area contributed by atoms with E-state index in [4.69, 9.17) is 15.2 Å². The minimum absolute atomic E-state index is 0.0553. The lowest BCUT2D eigenvalue weighted by Crippen LogP contribution is -2.39. The molecule has 1 saturated heterocycles. The number of carboxylic acids is 1. The molecule has 9 nitrogen and oxygen atoms in total. The van der Waals surface area contributed by atoms with Gasteiger partial charge in [-0.25, -0.2) is 14.5 Å². The number of anilines is 1. The highest BCUT2D eigenvalue weighted by Crippen LogP contribution is 2.55. The van der Waals surface area contributed by atoms with E-state index in [0.717, 1.165) is 16.7 Å². The molecule has 0 spiro atoms. The molecule has 2 aromatic rings. The normalized spacial score (nSPS) is 24.0. The van der Waals surface area contributed by atoms with Crippen LogP contribution in [0.15, 0.2) is 53.1 Å². The lowest BCUT2D eigenvalue weighted by molar-refractivity contribution is -0.132. The lowest BCUT2D eigenvalue weighted by atomic mass is 9.77. The highest BCUT2D eigenvalue weighted by molar-refractivity contribution is 8.04. The van der Waals surface area contributed by atoms with Crippen molar-refractivity contribution in [3.8, 4) is 11.5 Å². The molecular weight excluding hydrogens is 436 g/mol. The van der Waals surface area contributed by atoms with E-state index in [1.54, 1.807) is 18.2 Å². The summed E-state index contributed by atoms with van der Waals surface area (Å²) < 4.78 is 10.8. The quantitative estimate of drug-likeness (QED) is 0.406. The first-order chi connectivity index (χ1) is 15.3. The highest BCUT2D eigenvalue weighted by atomic mass is 32.2. The minimum atomic E-state index is -1.18. The van der Waals surface area contributed by atoms with Crippen LogP contribution in [0.2, 0.25) is 0 Å². The Kier molecular flexibility index (Phi) is 4.48. The van der Waals surface area contributed by atoms with Crippen molar-refractivity contribution in [2.75, 3.05) is 12.0 Å². The van der Waals surface area contributed by atoms with E-state index in [1.165, 1.54) is 31.4 Å². The highest BCUT2D eigenvalue weighted by Gasteiger charge is 2.58. The van der Waals surface area contributed by atoms with Crippen LogP contribution in [0.3, 0.4) is 0 Å². The topological polar surface area (TPSA) is 136 Å². The number of thioether (sulfide) groups is 1. The van der Waals surface area contributed by atoms with Crippen molar-refractivity contribution < 1.29 is 33.8 Å². The predicted molar refractivity (Wildman–Crippen MR) is 113 cm³/mol. The van der Waals surface area contributed by atoms with Crippen LogP contribution in [0, 0.1) is 5.92 Å². The Bertz CT molecular complexity index is 1250. The van der Waals surface area contributed by atoms with E-state index >= 15 is 0 Å². The van der Waals surface area contributed by atoms with Gasteiger partial charge in [0, 0.05) is 11.5 Å². The first kappa shape index (κ1) is 20.1. The van der Waals surface area contributed by atoms with Gasteiger partial charge in [-0.15, -0.1) is 0 Å². The third kappa shape index (κ3) is 2.72. The Morgan fingerprint density at radius 2 is 1.91 bits per heavy atom. The lowest BCUT2D eigenvalue weighted by Gasteiger charge is -2.36. The molecule has 5 rings (SSSR count). The summed E-state index contributed by atoms with van der Waals surface area (Å²) >= 11 is 0.949. The summed E-state index contributed by atoms with van der Waals surface area (Å²) in [7, 11) is 1.43. The number of carbonyl (C=O) groups excluding carboxylic acids is 3. The van der Waals surface area contributed by atoms with Gasteiger partial charge >= 0.3 is 11.9 Å². The smallest absolute Gasteiger partial charge is 0.342 e. The standard InChI is InChI=1S/C22H16N2O7S/c1-30-12-7-3-6-11-13-14-17(32-18(23)15(13)22(29)31-16(11)12)20(26)24(19(14)25)10-5-2-4-9(8-10)21(27)28/h2-8,13-14,17H,23H2,1H3,(H,27,28)/t13-,14+,17-/m0/s1. The van der Waals surface area contributed by atoms with Crippen molar-refractivity contribution in [1.29, 1.82) is 0 Å². The zero-order chi connectivity index (χ0) is 22.7. The largest absolute Gasteiger partial charge is 0.493 e. The average molecular weight is 452 g/mol. The van der Waals surface area contributed by atoms with E-state index < -0.39 is 40.8 Å². The third-order valence-corrected chi connectivity index (χ3v) is 7.04. The second kappa shape index (κ2) is 7.13. The molecule has 0 saturated carbocycles. The molecule has 3 aliphatic heterocycles. The Hall–Kier alpha value is -3.79. The molecule has 1 fully saturated rings. The number of nitrogens with two attached hydrogens (primary N) is 1. The van der Waals surface area contributed by atoms with E-state index in [9.17, 15) is 24.3 Å². The molecule has 2 aromatic carbocycles. The van der Waals surface area contributed by atoms with Gasteiger partial charge in [-0.2, -0.15) is 0 Å². The van der Waals surface area contributed by atoms with Gasteiger partial charge in [0.2, 0.25) is 11.8 Å². The summed E-state index contributed by atoms with van der Waals surface area (Å²) in [5, 5.41) is 8.54. The number of esters is 1. The van der Waals surface area contributed by atoms with Crippen LogP contribution >= 0.6 is 11.8 Å². The van der Waals surface area contributed by atoms with Crippen LogP contribution in [-0.2, 0) is 14.4 Å². The van der Waals surface area contributed by atoms with Gasteiger partial charge in [-0.3, -0.25) is 9.59 Å². The van der Waals surface area contributed by atoms with Gasteiger partial charge < -0.3 is 20.3 Å². The van der Waals surface area contributed by atoms with Crippen molar-refractivity contribution in [2.45, 2.75) is 11.2 Å². The summed E-state index contributed by atoms with van der Waals surface area (Å²) in [5.74, 6) is -4.11. The van der Waals surface area contributed by atoms with Crippen molar-refractivity contribution in [1.82, 2.24) is 0 Å².